The van der Waals surface area contributed by atoms with Gasteiger partial charge in [0.25, 0.3) is 27.8 Å². The largest absolute Gasteiger partial charge is 0.472 e. The number of aromatic amines is 5. The molecular formula is C45H57N10O41P5. The fourth-order valence-electron chi connectivity index (χ4n) is 10.7. The molecule has 5 aromatic heterocycles. The number of hydrogen-bond donors (Lipinski definition) is 17. The summed E-state index contributed by atoms with van der Waals surface area (Å²) in [5.74, 6) is 0. The quantitative estimate of drug-likeness (QED) is 0.0207. The highest BCUT2D eigenvalue weighted by molar-refractivity contribution is 7.48. The molecule has 0 amide bonds. The minimum absolute atomic E-state index is 0.459. The second kappa shape index (κ2) is 30.3. The maximum absolute atomic E-state index is 14.1. The molecule has 5 fully saturated rings. The Morgan fingerprint density at radius 3 is 0.723 bits per heavy atom. The third-order valence-electron chi connectivity index (χ3n) is 15.2. The number of aliphatic hydroxyl groups is 6. The van der Waals surface area contributed by atoms with E-state index in [2.05, 4.69) is 4.52 Å². The van der Waals surface area contributed by atoms with Crippen LogP contribution in [0.15, 0.2) is 109 Å². The predicted octanol–water partition coefficient (Wildman–Crippen LogP) is -9.49. The van der Waals surface area contributed by atoms with Gasteiger partial charge in [-0.25, -0.2) is 46.8 Å². The van der Waals surface area contributed by atoms with E-state index in [1.54, 1.807) is 0 Å². The van der Waals surface area contributed by atoms with Gasteiger partial charge in [-0.2, -0.15) is 0 Å². The molecule has 5 aliphatic heterocycles. The normalized spacial score (nSPS) is 33.0. The number of ether oxygens (including phenoxy) is 5. The smallest absolute Gasteiger partial charge is 0.387 e. The molecule has 0 saturated carbocycles. The fourth-order valence-corrected chi connectivity index (χ4v) is 14.9. The summed E-state index contributed by atoms with van der Waals surface area (Å²) in [6, 6.07) is 3.82. The van der Waals surface area contributed by atoms with E-state index in [0.29, 0.717) is 28.9 Å². The minimum atomic E-state index is -6.00. The van der Waals surface area contributed by atoms with Gasteiger partial charge in [0, 0.05) is 61.3 Å². The summed E-state index contributed by atoms with van der Waals surface area (Å²) in [6.07, 6.45) is -39.3. The number of H-pyrrole nitrogens is 5. The first-order valence-corrected chi connectivity index (χ1v) is 36.0. The van der Waals surface area contributed by atoms with Gasteiger partial charge in [0.2, 0.25) is 0 Å². The summed E-state index contributed by atoms with van der Waals surface area (Å²) in [5, 5.41) is 67.2. The van der Waals surface area contributed by atoms with Crippen LogP contribution in [0.5, 0.6) is 0 Å². The Kier molecular flexibility index (Phi) is 23.1. The highest BCUT2D eigenvalue weighted by atomic mass is 31.2. The molecule has 0 spiro atoms. The molecule has 10 heterocycles. The minimum Gasteiger partial charge on any atom is -0.387 e. The second-order valence-corrected chi connectivity index (χ2v) is 28.8. The third kappa shape index (κ3) is 18.0. The van der Waals surface area contributed by atoms with Crippen LogP contribution in [-0.2, 0) is 87.2 Å². The maximum Gasteiger partial charge on any atom is 0.472 e. The van der Waals surface area contributed by atoms with Gasteiger partial charge in [0.1, 0.15) is 91.6 Å². The van der Waals surface area contributed by atoms with E-state index in [-0.39, 0.29) is 0 Å². The van der Waals surface area contributed by atoms with Crippen molar-refractivity contribution in [2.24, 2.45) is 0 Å². The van der Waals surface area contributed by atoms with E-state index in [1.165, 1.54) is 0 Å². The first kappa shape index (κ1) is 77.1. The van der Waals surface area contributed by atoms with Crippen LogP contribution in [0, 0.1) is 0 Å². The Balaban J connectivity index is 0.858. The SMILES string of the molecule is O=c1ccn([C@@H]2O[C@H](COP(=O)(O)O[C@H]3[C@@H](O)[C@H](n4ccc(=O)[nH]c4=O)O[C@@H]3COP(=O)(O)O[C@H]3[C@@H](O)[C@H](n4ccc(=O)[nH]c4=O)O[C@@H]3COP(=O)(O)O[C@H]3[C@@H](O)[C@H](n4ccc(=O)[nH]c4=O)O[C@@H]3COP(=O)(O)O[C@H]3[C@@H](O)[C@H](n4ccc(=O)[nH]c4=O)O[C@@H]3COP(=O)(O)O)[C@@H](O)[C@H]2O)c(=O)[nH]1. The number of aromatic nitrogens is 10. The lowest BCUT2D eigenvalue weighted by molar-refractivity contribution is -0.0664. The van der Waals surface area contributed by atoms with E-state index in [1.807, 2.05) is 24.9 Å². The van der Waals surface area contributed by atoms with E-state index in [0.717, 1.165) is 55.2 Å². The van der Waals surface area contributed by atoms with Crippen molar-refractivity contribution in [3.05, 3.63) is 166 Å². The van der Waals surface area contributed by atoms with E-state index in [9.17, 15) is 131 Å². The zero-order valence-electron chi connectivity index (χ0n) is 50.0. The van der Waals surface area contributed by atoms with Crippen molar-refractivity contribution in [1.82, 2.24) is 47.8 Å². The zero-order chi connectivity index (χ0) is 73.7. The van der Waals surface area contributed by atoms with E-state index < -0.39 is 251 Å². The molecule has 101 heavy (non-hydrogen) atoms. The molecule has 5 aromatic rings. The van der Waals surface area contributed by atoms with Gasteiger partial charge in [-0.3, -0.25) is 112 Å². The summed E-state index contributed by atoms with van der Waals surface area (Å²) >= 11 is 0. The van der Waals surface area contributed by atoms with Crippen LogP contribution in [0.1, 0.15) is 31.1 Å². The predicted molar refractivity (Wildman–Crippen MR) is 313 cm³/mol. The van der Waals surface area contributed by atoms with Gasteiger partial charge in [-0.05, 0) is 0 Å². The summed E-state index contributed by atoms with van der Waals surface area (Å²) in [7, 11) is -28.9. The molecule has 0 aliphatic carbocycles. The van der Waals surface area contributed by atoms with Gasteiger partial charge < -0.3 is 83.7 Å². The molecule has 5 aliphatic rings. The van der Waals surface area contributed by atoms with Crippen LogP contribution in [0.3, 0.4) is 0 Å². The number of nitrogens with one attached hydrogen (secondary N) is 5. The van der Waals surface area contributed by atoms with Crippen LogP contribution >= 0.6 is 39.1 Å². The molecule has 0 aromatic carbocycles. The summed E-state index contributed by atoms with van der Waals surface area (Å²) in [4.78, 5) is 196. The third-order valence-corrected chi connectivity index (χ3v) is 19.7. The molecule has 4 unspecified atom stereocenters. The van der Waals surface area contributed by atoms with Gasteiger partial charge in [-0.1, -0.05) is 0 Å². The standard InChI is InChI=1S/C45H57N10O41P5/c56-21-1-6-51(41(67)46-21)36-27(62)26(61)16(88-36)11-84-98(75,76)94-33-18(90-38(29(33)64)53-8-3-23(58)48-43(53)69)13-86-100(79,80)96-35-20(92-40(31(35)66)55-10-5-25(60)50-45(55)71)15-87-101(81,82)95-34-19(91-39(30(34)65)54-9-4-24(59)49-44(54)70)14-85-99(77,78)93-32-17(12-83-97(72,73)74)89-37(28(32)63)52-7-2-22(57)47-42(52)68/h1-10,16-20,26-40,61-66H,11-15H2,(H,75,76)(H,77,78)(H,79,80)(H,81,82)(H,46,56,67)(H,47,57,68)(H,48,58,69)(H,49,59,70)(H,50,60,71)(H2,72,73,74)/t16-,17-,18-,19-,20-,26-,27-,28-,29-,30-,31-,32-,33-,34-,35-,36-,37-,38-,39-,40-/m1/s1. The first-order chi connectivity index (χ1) is 47.2. The van der Waals surface area contributed by atoms with Crippen molar-refractivity contribution in [3.63, 3.8) is 0 Å². The maximum atomic E-state index is 14.1. The molecule has 558 valence electrons. The number of phosphoric acid groups is 5. The van der Waals surface area contributed by atoms with Gasteiger partial charge >= 0.3 is 67.6 Å². The summed E-state index contributed by atoms with van der Waals surface area (Å²) < 4.78 is 143. The van der Waals surface area contributed by atoms with Crippen molar-refractivity contribution >= 4 is 39.1 Å². The molecular weight excluding hydrogens is 1490 g/mol. The van der Waals surface area contributed by atoms with Gasteiger partial charge in [-0.15, -0.1) is 0 Å². The topological polar surface area (TPSA) is 732 Å². The molecule has 0 bridgehead atoms. The molecule has 0 radical (unpaired) electrons. The molecule has 24 atom stereocenters. The highest BCUT2D eigenvalue weighted by Gasteiger charge is 2.56. The van der Waals surface area contributed by atoms with Crippen LogP contribution in [0.25, 0.3) is 0 Å². The number of nitrogens with zero attached hydrogens (tertiary/aromatic N) is 5. The molecule has 17 N–H and O–H groups in total. The number of aliphatic hydroxyl groups excluding tert-OH is 6. The van der Waals surface area contributed by atoms with Crippen LogP contribution in [0.2, 0.25) is 0 Å². The van der Waals surface area contributed by atoms with Crippen molar-refractivity contribution < 1.29 is 147 Å². The number of hydrogen-bond acceptors (Lipinski definition) is 35. The molecule has 5 saturated heterocycles. The fraction of sp³-hybridized carbons (Fsp3) is 0.556. The number of rotatable bonds is 28. The van der Waals surface area contributed by atoms with Crippen molar-refractivity contribution in [2.75, 3.05) is 33.0 Å². The van der Waals surface area contributed by atoms with Gasteiger partial charge in [0.05, 0.1) is 33.0 Å². The second-order valence-electron chi connectivity index (χ2n) is 22.0. The Morgan fingerprint density at radius 1 is 0.307 bits per heavy atom. The van der Waals surface area contributed by atoms with Crippen molar-refractivity contribution in [1.29, 1.82) is 0 Å². The van der Waals surface area contributed by atoms with E-state index >= 15 is 0 Å². The number of phosphoric ester groups is 5. The average Bonchev–Trinajstić information content (AvgIpc) is 1.66. The Labute approximate surface area is 553 Å². The van der Waals surface area contributed by atoms with Gasteiger partial charge in [0.15, 0.2) is 31.1 Å². The zero-order valence-corrected chi connectivity index (χ0v) is 54.5. The summed E-state index contributed by atoms with van der Waals surface area (Å²) in [5.41, 5.74) is -11.1. The first-order valence-electron chi connectivity index (χ1n) is 28.4. The highest BCUT2D eigenvalue weighted by Crippen LogP contribution is 2.55. The van der Waals surface area contributed by atoms with E-state index in [4.69, 9.17) is 59.9 Å². The lowest BCUT2D eigenvalue weighted by Crippen LogP contribution is -2.40. The summed E-state index contributed by atoms with van der Waals surface area (Å²) in [6.45, 7) is -6.82. The van der Waals surface area contributed by atoms with Crippen molar-refractivity contribution in [2.45, 2.75) is 123 Å². The molecule has 10 rings (SSSR count). The van der Waals surface area contributed by atoms with Crippen LogP contribution in [0.4, 0.5) is 0 Å². The lowest BCUT2D eigenvalue weighted by atomic mass is 10.1. The average molecular weight is 1550 g/mol. The van der Waals surface area contributed by atoms with Crippen LogP contribution < -0.4 is 56.2 Å². The van der Waals surface area contributed by atoms with Crippen molar-refractivity contribution in [3.8, 4) is 0 Å². The van der Waals surface area contributed by atoms with Crippen LogP contribution in [-0.4, -0.2) is 232 Å². The molecule has 51 nitrogen and oxygen atoms in total. The molecule has 56 heteroatoms. The monoisotopic (exact) mass is 1550 g/mol. The Bertz CT molecular complexity index is 4760. The Morgan fingerprint density at radius 2 is 0.505 bits per heavy atom. The Hall–Kier alpha value is -6.49. The lowest BCUT2D eigenvalue weighted by Gasteiger charge is -2.27.